The fourth-order valence-corrected chi connectivity index (χ4v) is 22.3. The molecule has 21 heterocycles. The number of likely N-dealkylation sites (N-methyl/N-ethyl adjacent to an activating group) is 4. The standard InChI is InChI=1S/2C27H32FN7.C27H31FN6.C25H30N8/c1-19-14-22-21(4-7-29-25(22)15-24(19)28)23-17-31-35-18-20(16-30-26(23)35)33-8-5-27(2,6-9-33)34-12-10-32(3)11-13-34;1-18-12-23-22(4-7-29-26(23)13-25(18)28)24-15-31-35-17-21(14-30-27(24)35)33-8-5-20(6-9-33)34-11-10-32(3)16-19(34)2;1-19-15-23-22(5-8-29-26(23)16-25(19)28)24-17-30-34-18-21(3-4-27(24)34)32-9-6-20(7-10-32)33-13-11-31(2)12-14-33;1-18-3-4-23-24(29-18)21(5-8-26-23)22-16-28-33-17-20(15-27-25(22)33)31-9-6-19(7-10-31)32-13-11-30(2)12-14-32/h4,7,14-18H,5-6,8-13H2,1-3H3;4,7,12-15,17,19-20H,5-6,8-11,16H2,1-3H3;3-5,8,15-18,20H,6-7,9-14H2,1-2H3;3-5,8,15-17,19H,6-7,9-14H2,1-2H3. The van der Waals surface area contributed by atoms with Gasteiger partial charge < -0.3 is 39.2 Å². The minimum atomic E-state index is -0.241. The van der Waals surface area contributed by atoms with Crippen molar-refractivity contribution in [3.8, 4) is 44.5 Å². The van der Waals surface area contributed by atoms with Crippen LogP contribution >= 0.6 is 0 Å². The van der Waals surface area contributed by atoms with Crippen LogP contribution in [0.4, 0.5) is 35.9 Å². The van der Waals surface area contributed by atoms with Crippen LogP contribution in [-0.4, -0.2) is 326 Å². The van der Waals surface area contributed by atoms with Gasteiger partial charge in [0.1, 0.15) is 17.5 Å². The molecule has 1 atom stereocenters. The number of piperidine rings is 4. The highest BCUT2D eigenvalue weighted by molar-refractivity contribution is 6.01. The van der Waals surface area contributed by atoms with Crippen LogP contribution in [0.15, 0.2) is 178 Å². The van der Waals surface area contributed by atoms with Crippen LogP contribution in [0.3, 0.4) is 0 Å². The van der Waals surface area contributed by atoms with E-state index in [1.165, 1.54) is 121 Å². The summed E-state index contributed by atoms with van der Waals surface area (Å²) in [5.41, 5.74) is 22.7. The fraction of sp³-hybridized carbons (Fsp3) is 0.434. The Hall–Kier alpha value is -12.3. The summed E-state index contributed by atoms with van der Waals surface area (Å²) in [5.74, 6) is -0.705. The summed E-state index contributed by atoms with van der Waals surface area (Å²) in [6.07, 6.45) is 38.4. The molecule has 13 aromatic heterocycles. The van der Waals surface area contributed by atoms with Gasteiger partial charge >= 0.3 is 0 Å². The minimum absolute atomic E-state index is 0.224. The molecular formula is C106H125F3N28. The van der Waals surface area contributed by atoms with E-state index in [0.29, 0.717) is 57.4 Å². The monoisotopic (exact) mass is 1850 g/mol. The van der Waals surface area contributed by atoms with Crippen LogP contribution in [0.1, 0.15) is 87.6 Å². The van der Waals surface area contributed by atoms with Crippen molar-refractivity contribution in [1.29, 1.82) is 0 Å². The molecule has 0 N–H and O–H groups in total. The zero-order valence-electron chi connectivity index (χ0n) is 80.6. The molecule has 0 amide bonds. The van der Waals surface area contributed by atoms with E-state index in [4.69, 9.17) is 19.9 Å². The van der Waals surface area contributed by atoms with Gasteiger partial charge in [0.2, 0.25) is 0 Å². The number of nitrogens with zero attached hydrogens (tertiary/aromatic N) is 28. The molecule has 16 aromatic rings. The summed E-state index contributed by atoms with van der Waals surface area (Å²) >= 11 is 0. The molecule has 0 aliphatic carbocycles. The second kappa shape index (κ2) is 38.9. The Kier molecular flexibility index (Phi) is 25.9. The summed E-state index contributed by atoms with van der Waals surface area (Å²) in [6, 6.07) is 29.1. The molecule has 8 saturated heterocycles. The van der Waals surface area contributed by atoms with Crippen LogP contribution in [0, 0.1) is 45.1 Å². The van der Waals surface area contributed by atoms with E-state index in [2.05, 4.69) is 178 Å². The second-order valence-corrected chi connectivity index (χ2v) is 39.8. The Bertz CT molecular complexity index is 7040. The Morgan fingerprint density at radius 1 is 0.328 bits per heavy atom. The first-order valence-electron chi connectivity index (χ1n) is 49.2. The number of piperazine rings is 4. The number of hydrogen-bond donors (Lipinski definition) is 0. The third-order valence-electron chi connectivity index (χ3n) is 30.9. The first-order valence-corrected chi connectivity index (χ1v) is 49.2. The number of benzene rings is 3. The molecule has 710 valence electrons. The molecule has 8 aliphatic heterocycles. The molecule has 0 bridgehead atoms. The van der Waals surface area contributed by atoms with E-state index < -0.39 is 0 Å². The van der Waals surface area contributed by atoms with Gasteiger partial charge in [0.25, 0.3) is 0 Å². The maximum absolute atomic E-state index is 14.1. The lowest BCUT2D eigenvalue weighted by atomic mass is 9.87. The lowest BCUT2D eigenvalue weighted by Gasteiger charge is -2.49. The molecule has 1 unspecified atom stereocenters. The number of rotatable bonds is 12. The highest BCUT2D eigenvalue weighted by Gasteiger charge is 2.39. The van der Waals surface area contributed by atoms with Gasteiger partial charge in [0.05, 0.1) is 124 Å². The first kappa shape index (κ1) is 91.1. The summed E-state index contributed by atoms with van der Waals surface area (Å²) in [5, 5.41) is 21.3. The van der Waals surface area contributed by atoms with Gasteiger partial charge in [-0.2, -0.15) is 20.4 Å². The summed E-state index contributed by atoms with van der Waals surface area (Å²) in [4.78, 5) is 67.1. The van der Waals surface area contributed by atoms with Crippen molar-refractivity contribution >= 4 is 88.9 Å². The number of hydrogen-bond acceptors (Lipinski definition) is 24. The number of halogens is 3. The first-order chi connectivity index (χ1) is 66.6. The zero-order chi connectivity index (χ0) is 93.9. The van der Waals surface area contributed by atoms with E-state index in [-0.39, 0.29) is 23.0 Å². The quantitative estimate of drug-likeness (QED) is 0.111. The lowest BCUT2D eigenvalue weighted by Crippen LogP contribution is -2.58. The molecule has 8 aliphatic rings. The number of pyridine rings is 6. The van der Waals surface area contributed by atoms with Crippen LogP contribution in [0.5, 0.6) is 0 Å². The van der Waals surface area contributed by atoms with Crippen molar-refractivity contribution in [3.63, 3.8) is 0 Å². The van der Waals surface area contributed by atoms with Crippen molar-refractivity contribution in [2.75, 3.05) is 198 Å². The maximum atomic E-state index is 14.1. The average Bonchev–Trinajstić information content (AvgIpc) is 1.69. The molecule has 8 fully saturated rings. The number of fused-ring (bicyclic) bond motifs is 8. The maximum Gasteiger partial charge on any atom is 0.163 e. The van der Waals surface area contributed by atoms with Gasteiger partial charge in [0, 0.05) is 273 Å². The SMILES string of the molecule is Cc1cc2c(-c3cnn4cc(N5CCC(C)(N6CCN(C)CC6)CC5)cnc34)ccnc2cc1F.Cc1cc2c(-c3cnn4cc(N5CCC(N6CCN(C)CC6)CC5)ccc34)ccnc2cc1F.Cc1cc2c(-c3cnn4cc(N5CCC(N6CCN(C)CC6C)CC5)cnc34)ccnc2cc1F.Cc1ccc2nccc(-c3cnn4cc(N5CCC(N6CCN(C)CC6)CC5)cnc34)c2n1. The van der Waals surface area contributed by atoms with Gasteiger partial charge in [-0.3, -0.25) is 44.5 Å². The Labute approximate surface area is 798 Å². The van der Waals surface area contributed by atoms with Gasteiger partial charge in [0.15, 0.2) is 16.9 Å². The predicted molar refractivity (Wildman–Crippen MR) is 540 cm³/mol. The smallest absolute Gasteiger partial charge is 0.163 e. The molecule has 3 aromatic carbocycles. The van der Waals surface area contributed by atoms with E-state index in [0.717, 1.165) is 221 Å². The van der Waals surface area contributed by atoms with Gasteiger partial charge in [-0.1, -0.05) is 0 Å². The summed E-state index contributed by atoms with van der Waals surface area (Å²) in [6.45, 7) is 38.2. The largest absolute Gasteiger partial charge is 0.370 e. The molecule has 0 radical (unpaired) electrons. The van der Waals surface area contributed by atoms with Crippen molar-refractivity contribution in [1.82, 2.24) is 118 Å². The van der Waals surface area contributed by atoms with Gasteiger partial charge in [-0.15, -0.1) is 0 Å². The number of aromatic nitrogens is 16. The fourth-order valence-electron chi connectivity index (χ4n) is 22.3. The van der Waals surface area contributed by atoms with E-state index in [1.54, 1.807) is 39.4 Å². The van der Waals surface area contributed by atoms with E-state index >= 15 is 0 Å². The molecule has 137 heavy (non-hydrogen) atoms. The normalized spacial score (nSPS) is 19.6. The summed E-state index contributed by atoms with van der Waals surface area (Å²) < 4.78 is 49.8. The van der Waals surface area contributed by atoms with Crippen LogP contribution < -0.4 is 19.6 Å². The molecule has 28 nitrogen and oxygen atoms in total. The Morgan fingerprint density at radius 3 is 1.15 bits per heavy atom. The van der Waals surface area contributed by atoms with Crippen molar-refractivity contribution in [2.24, 2.45) is 0 Å². The third-order valence-corrected chi connectivity index (χ3v) is 30.9. The van der Waals surface area contributed by atoms with E-state index in [9.17, 15) is 13.2 Å². The predicted octanol–water partition coefficient (Wildman–Crippen LogP) is 15.1. The topological polar surface area (TPSA) is 211 Å². The molecule has 0 saturated carbocycles. The van der Waals surface area contributed by atoms with Crippen molar-refractivity contribution in [2.45, 2.75) is 123 Å². The van der Waals surface area contributed by atoms with Crippen LogP contribution in [-0.2, 0) is 0 Å². The minimum Gasteiger partial charge on any atom is -0.370 e. The van der Waals surface area contributed by atoms with Crippen LogP contribution in [0.2, 0.25) is 0 Å². The van der Waals surface area contributed by atoms with Crippen molar-refractivity contribution in [3.05, 3.63) is 218 Å². The average molecular weight is 1850 g/mol. The molecule has 24 rings (SSSR count). The van der Waals surface area contributed by atoms with Gasteiger partial charge in [-0.05, 0) is 221 Å². The lowest BCUT2D eigenvalue weighted by molar-refractivity contribution is 0.0346. The highest BCUT2D eigenvalue weighted by atomic mass is 19.1. The van der Waals surface area contributed by atoms with Crippen LogP contribution in [0.25, 0.3) is 111 Å². The zero-order valence-corrected chi connectivity index (χ0v) is 80.6. The third kappa shape index (κ3) is 18.8. The molecule has 0 spiro atoms. The Morgan fingerprint density at radius 2 is 0.701 bits per heavy atom. The second-order valence-electron chi connectivity index (χ2n) is 39.8. The number of anilines is 4. The molecular weight excluding hydrogens is 1720 g/mol. The van der Waals surface area contributed by atoms with E-state index in [1.807, 2.05) is 129 Å². The number of aryl methyl sites for hydroxylation is 4. The molecule has 31 heteroatoms. The highest BCUT2D eigenvalue weighted by Crippen LogP contribution is 2.40. The van der Waals surface area contributed by atoms with Crippen molar-refractivity contribution < 1.29 is 13.2 Å². The van der Waals surface area contributed by atoms with Gasteiger partial charge in [-0.25, -0.2) is 46.2 Å². The Balaban J connectivity index is 0.000000109. The summed E-state index contributed by atoms with van der Waals surface area (Å²) in [7, 11) is 8.87.